The quantitative estimate of drug-likeness (QED) is 0.503. The lowest BCUT2D eigenvalue weighted by molar-refractivity contribution is -0.147. The molecule has 0 aromatic heterocycles. The van der Waals surface area contributed by atoms with Crippen LogP contribution in [0.5, 0.6) is 0 Å². The van der Waals surface area contributed by atoms with Crippen LogP contribution in [0.1, 0.15) is 5.56 Å². The highest BCUT2D eigenvalue weighted by Crippen LogP contribution is 2.27. The minimum absolute atomic E-state index is 1.55. The summed E-state index contributed by atoms with van der Waals surface area (Å²) in [6, 6.07) is -2.73. The second kappa shape index (κ2) is 4.71. The number of hydrogen-bond acceptors (Lipinski definition) is 1. The van der Waals surface area contributed by atoms with Gasteiger partial charge in [0.15, 0.2) is 23.3 Å². The molecule has 0 radical (unpaired) electrons. The van der Waals surface area contributed by atoms with E-state index in [-0.39, 0.29) is 0 Å². The van der Waals surface area contributed by atoms with E-state index in [1.165, 1.54) is 0 Å². The molecule has 1 rings (SSSR count). The van der Waals surface area contributed by atoms with Crippen molar-refractivity contribution in [1.82, 2.24) is 0 Å². The largest absolute Gasteiger partial charge is 0.403 e. The van der Waals surface area contributed by atoms with Crippen LogP contribution in [0.3, 0.4) is 0 Å². The van der Waals surface area contributed by atoms with Crippen molar-refractivity contribution in [3.63, 3.8) is 0 Å². The lowest BCUT2D eigenvalue weighted by Gasteiger charge is -2.16. The summed E-state index contributed by atoms with van der Waals surface area (Å²) in [5, 5.41) is 0. The van der Waals surface area contributed by atoms with Crippen molar-refractivity contribution in [2.24, 2.45) is 5.73 Å². The maximum atomic E-state index is 13.0. The molecule has 1 aromatic carbocycles. The van der Waals surface area contributed by atoms with Crippen molar-refractivity contribution in [2.75, 3.05) is 0 Å². The summed E-state index contributed by atoms with van der Waals surface area (Å²) >= 11 is 0. The SMILES string of the molecule is NC(Cc1c(F)c(F)c(F)c(F)c1F)C(F)(F)F. The van der Waals surface area contributed by atoms with Gasteiger partial charge in [0.25, 0.3) is 0 Å². The Morgan fingerprint density at radius 2 is 1.11 bits per heavy atom. The van der Waals surface area contributed by atoms with Gasteiger partial charge in [0, 0.05) is 12.0 Å². The summed E-state index contributed by atoms with van der Waals surface area (Å²) in [6.07, 6.45) is -6.56. The zero-order valence-corrected chi connectivity index (χ0v) is 8.39. The van der Waals surface area contributed by atoms with E-state index in [0.717, 1.165) is 0 Å². The molecule has 1 aromatic rings. The molecule has 0 aliphatic heterocycles. The third-order valence-electron chi connectivity index (χ3n) is 2.15. The van der Waals surface area contributed by atoms with Crippen LogP contribution in [-0.2, 0) is 6.42 Å². The predicted octanol–water partition coefficient (Wildman–Crippen LogP) is 2.81. The third-order valence-corrected chi connectivity index (χ3v) is 2.15. The predicted molar refractivity (Wildman–Crippen MR) is 44.0 cm³/mol. The minimum Gasteiger partial charge on any atom is -0.320 e. The summed E-state index contributed by atoms with van der Waals surface area (Å²) in [5.74, 6) is -11.7. The Bertz CT molecular complexity index is 438. The first kappa shape index (κ1) is 14.7. The van der Waals surface area contributed by atoms with Crippen molar-refractivity contribution in [2.45, 2.75) is 18.6 Å². The first-order valence-corrected chi connectivity index (χ1v) is 4.40. The van der Waals surface area contributed by atoms with Gasteiger partial charge in [-0.1, -0.05) is 0 Å². The average molecular weight is 279 g/mol. The molecule has 0 aliphatic rings. The monoisotopic (exact) mass is 279 g/mol. The molecule has 0 heterocycles. The molecule has 0 saturated carbocycles. The molecule has 2 N–H and O–H groups in total. The molecule has 0 spiro atoms. The molecule has 9 heteroatoms. The lowest BCUT2D eigenvalue weighted by Crippen LogP contribution is -2.39. The summed E-state index contributed by atoms with van der Waals surface area (Å²) in [4.78, 5) is 0. The average Bonchev–Trinajstić information content (AvgIpc) is 2.28. The highest BCUT2D eigenvalue weighted by atomic mass is 19.4. The second-order valence-electron chi connectivity index (χ2n) is 3.40. The van der Waals surface area contributed by atoms with Crippen LogP contribution in [0.15, 0.2) is 0 Å². The van der Waals surface area contributed by atoms with Crippen LogP contribution >= 0.6 is 0 Å². The number of hydrogen-bond donors (Lipinski definition) is 1. The van der Waals surface area contributed by atoms with E-state index in [1.54, 1.807) is 0 Å². The van der Waals surface area contributed by atoms with E-state index >= 15 is 0 Å². The molecule has 0 saturated heterocycles. The standard InChI is InChI=1S/C9H5F8N/c10-4-2(1-3(18)9(15,16)17)5(11)7(13)8(14)6(4)12/h3H,1,18H2. The lowest BCUT2D eigenvalue weighted by atomic mass is 10.0. The number of nitrogens with two attached hydrogens (primary N) is 1. The zero-order valence-electron chi connectivity index (χ0n) is 8.39. The van der Waals surface area contributed by atoms with E-state index in [1.807, 2.05) is 0 Å². The van der Waals surface area contributed by atoms with Crippen LogP contribution in [0.25, 0.3) is 0 Å². The molecule has 102 valence electrons. The molecular weight excluding hydrogens is 274 g/mol. The second-order valence-corrected chi connectivity index (χ2v) is 3.40. The van der Waals surface area contributed by atoms with Crippen molar-refractivity contribution in [1.29, 1.82) is 0 Å². The number of halogens is 8. The van der Waals surface area contributed by atoms with Gasteiger partial charge in [0.1, 0.15) is 6.04 Å². The summed E-state index contributed by atoms with van der Waals surface area (Å²) < 4.78 is 100. The molecule has 1 unspecified atom stereocenters. The summed E-state index contributed by atoms with van der Waals surface area (Å²) in [6.45, 7) is 0. The van der Waals surface area contributed by atoms with Crippen LogP contribution in [0, 0.1) is 29.1 Å². The van der Waals surface area contributed by atoms with Gasteiger partial charge in [-0.05, 0) is 0 Å². The van der Waals surface area contributed by atoms with E-state index in [0.29, 0.717) is 0 Å². The first-order valence-electron chi connectivity index (χ1n) is 4.40. The molecule has 0 fully saturated rings. The van der Waals surface area contributed by atoms with Gasteiger partial charge in [-0.25, -0.2) is 22.0 Å². The Hall–Kier alpha value is -1.38. The van der Waals surface area contributed by atoms with Gasteiger partial charge < -0.3 is 5.73 Å². The third kappa shape index (κ3) is 2.55. The topological polar surface area (TPSA) is 26.0 Å². The van der Waals surface area contributed by atoms with E-state index in [4.69, 9.17) is 0 Å². The Labute approximate surface area is 95.2 Å². The molecule has 1 atom stereocenters. The van der Waals surface area contributed by atoms with E-state index in [9.17, 15) is 35.1 Å². The number of rotatable bonds is 2. The van der Waals surface area contributed by atoms with Gasteiger partial charge >= 0.3 is 6.18 Å². The van der Waals surface area contributed by atoms with Gasteiger partial charge in [0.2, 0.25) is 5.82 Å². The van der Waals surface area contributed by atoms with Crippen LogP contribution in [0.2, 0.25) is 0 Å². The summed E-state index contributed by atoms with van der Waals surface area (Å²) in [5.41, 5.74) is 2.97. The fourth-order valence-electron chi connectivity index (χ4n) is 1.17. The number of benzene rings is 1. The Balaban J connectivity index is 3.26. The fraction of sp³-hybridized carbons (Fsp3) is 0.333. The zero-order chi connectivity index (χ0) is 14.2. The van der Waals surface area contributed by atoms with Gasteiger partial charge in [-0.15, -0.1) is 0 Å². The summed E-state index contributed by atoms with van der Waals surface area (Å²) in [7, 11) is 0. The van der Waals surface area contributed by atoms with Crippen LogP contribution in [-0.4, -0.2) is 12.2 Å². The smallest absolute Gasteiger partial charge is 0.320 e. The molecule has 1 nitrogen and oxygen atoms in total. The Morgan fingerprint density at radius 1 is 0.778 bits per heavy atom. The maximum absolute atomic E-state index is 13.0. The first-order chi connectivity index (χ1) is 8.07. The Morgan fingerprint density at radius 3 is 1.44 bits per heavy atom. The molecule has 0 bridgehead atoms. The van der Waals surface area contributed by atoms with Crippen molar-refractivity contribution >= 4 is 0 Å². The van der Waals surface area contributed by atoms with Gasteiger partial charge in [-0.3, -0.25) is 0 Å². The molecular formula is C9H5F8N. The highest BCUT2D eigenvalue weighted by molar-refractivity contribution is 5.25. The normalized spacial score (nSPS) is 13.8. The van der Waals surface area contributed by atoms with Crippen LogP contribution in [0.4, 0.5) is 35.1 Å². The maximum Gasteiger partial charge on any atom is 0.403 e. The Kier molecular flexibility index (Phi) is 3.84. The minimum atomic E-state index is -5.01. The van der Waals surface area contributed by atoms with Gasteiger partial charge in [0.05, 0.1) is 0 Å². The number of alkyl halides is 3. The van der Waals surface area contributed by atoms with Crippen molar-refractivity contribution in [3.05, 3.63) is 34.6 Å². The van der Waals surface area contributed by atoms with E-state index < -0.39 is 53.3 Å². The van der Waals surface area contributed by atoms with Gasteiger partial charge in [-0.2, -0.15) is 13.2 Å². The van der Waals surface area contributed by atoms with E-state index in [2.05, 4.69) is 5.73 Å². The molecule has 18 heavy (non-hydrogen) atoms. The van der Waals surface area contributed by atoms with Crippen LogP contribution < -0.4 is 5.73 Å². The van der Waals surface area contributed by atoms with Crippen molar-refractivity contribution < 1.29 is 35.1 Å². The fourth-order valence-corrected chi connectivity index (χ4v) is 1.17. The molecule has 0 amide bonds. The van der Waals surface area contributed by atoms with Crippen molar-refractivity contribution in [3.8, 4) is 0 Å². The molecule has 0 aliphatic carbocycles. The highest BCUT2D eigenvalue weighted by Gasteiger charge is 2.39.